The summed E-state index contributed by atoms with van der Waals surface area (Å²) in [5.74, 6) is -0.109. The highest BCUT2D eigenvalue weighted by Crippen LogP contribution is 2.03. The Balaban J connectivity index is 2.05. The fourth-order valence-electron chi connectivity index (χ4n) is 1.21. The number of nitrogens with one attached hydrogen (secondary N) is 1. The molecule has 84 valence electrons. The average molecular weight is 213 g/mol. The number of ether oxygens (including phenoxy) is 1. The van der Waals surface area contributed by atoms with Crippen LogP contribution in [0.2, 0.25) is 0 Å². The zero-order valence-corrected chi connectivity index (χ0v) is 8.73. The van der Waals surface area contributed by atoms with Gasteiger partial charge in [-0.1, -0.05) is 4.68 Å². The van der Waals surface area contributed by atoms with E-state index in [4.69, 9.17) is 5.73 Å². The molecule has 0 aliphatic heterocycles. The number of rotatable bonds is 6. The van der Waals surface area contributed by atoms with Gasteiger partial charge in [0.25, 0.3) is 0 Å². The number of esters is 1. The van der Waals surface area contributed by atoms with Crippen LogP contribution in [-0.2, 0) is 16.1 Å². The Bertz CT molecular complexity index is 311. The maximum absolute atomic E-state index is 10.8. The minimum atomic E-state index is -0.169. The molecular formula is C9H15N3O3. The lowest BCUT2D eigenvalue weighted by atomic mass is 10.2. The van der Waals surface area contributed by atoms with Crippen molar-refractivity contribution in [2.75, 3.05) is 7.11 Å². The van der Waals surface area contributed by atoms with Crippen LogP contribution in [0.3, 0.4) is 0 Å². The second-order valence-electron chi connectivity index (χ2n) is 3.22. The van der Waals surface area contributed by atoms with E-state index in [2.05, 4.69) is 14.5 Å². The van der Waals surface area contributed by atoms with E-state index in [1.54, 1.807) is 4.68 Å². The average Bonchev–Trinajstić information content (AvgIpc) is 2.63. The second kappa shape index (κ2) is 6.00. The Hall–Kier alpha value is -1.59. The van der Waals surface area contributed by atoms with Crippen LogP contribution in [0.1, 0.15) is 25.7 Å². The Labute approximate surface area is 88.0 Å². The molecule has 6 heteroatoms. The number of nitrogens with zero attached hydrogens (tertiary/aromatic N) is 2. The first kappa shape index (κ1) is 11.5. The van der Waals surface area contributed by atoms with E-state index in [-0.39, 0.29) is 11.9 Å². The number of methoxy groups -OCH3 is 1. The van der Waals surface area contributed by atoms with Gasteiger partial charge in [-0.05, 0) is 12.8 Å². The van der Waals surface area contributed by atoms with Crippen LogP contribution in [0.15, 0.2) is 10.7 Å². The fourth-order valence-corrected chi connectivity index (χ4v) is 1.21. The smallest absolute Gasteiger partial charge is 0.305 e. The summed E-state index contributed by atoms with van der Waals surface area (Å²) in [7, 11) is 1.39. The maximum atomic E-state index is 10.8. The van der Waals surface area contributed by atoms with Crippen molar-refractivity contribution in [2.24, 2.45) is 0 Å². The van der Waals surface area contributed by atoms with Gasteiger partial charge in [-0.25, -0.2) is 0 Å². The molecule has 1 rings (SSSR count). The first-order valence-electron chi connectivity index (χ1n) is 4.87. The summed E-state index contributed by atoms with van der Waals surface area (Å²) in [5, 5.41) is 3.63. The molecule has 1 aromatic rings. The Kier molecular flexibility index (Phi) is 4.59. The first-order valence-corrected chi connectivity index (χ1v) is 4.87. The zero-order chi connectivity index (χ0) is 11.1. The number of unbranched alkanes of at least 4 members (excludes halogenated alkanes) is 2. The highest BCUT2D eigenvalue weighted by atomic mass is 16.5. The highest BCUT2D eigenvalue weighted by molar-refractivity contribution is 5.68. The van der Waals surface area contributed by atoms with Gasteiger partial charge in [-0.2, -0.15) is 0 Å². The third-order valence-electron chi connectivity index (χ3n) is 2.01. The van der Waals surface area contributed by atoms with Crippen LogP contribution in [-0.4, -0.2) is 18.4 Å². The van der Waals surface area contributed by atoms with Crippen molar-refractivity contribution in [3.05, 3.63) is 11.9 Å². The largest absolute Gasteiger partial charge is 0.660 e. The summed E-state index contributed by atoms with van der Waals surface area (Å²) in [4.78, 5) is 10.8. The molecule has 15 heavy (non-hydrogen) atoms. The van der Waals surface area contributed by atoms with Crippen LogP contribution in [0.4, 0.5) is 5.88 Å². The molecule has 0 radical (unpaired) electrons. The molecule has 0 amide bonds. The minimum absolute atomic E-state index is 0.0598. The summed E-state index contributed by atoms with van der Waals surface area (Å²) < 4.78 is 10.7. The van der Waals surface area contributed by atoms with Gasteiger partial charge >= 0.3 is 5.97 Å². The van der Waals surface area contributed by atoms with Crippen molar-refractivity contribution >= 4 is 11.9 Å². The standard InChI is InChI=1S/C9H15N3O3/c1-14-9(13)5-3-2-4-6-12-7-8(10)15-11-12/h7H,2-6H2,1H3,(H-,10,11). The lowest BCUT2D eigenvalue weighted by molar-refractivity contribution is -0.762. The highest BCUT2D eigenvalue weighted by Gasteiger charge is 2.05. The molecule has 0 unspecified atom stereocenters. The summed E-state index contributed by atoms with van der Waals surface area (Å²) in [6.07, 6.45) is 4.65. The lowest BCUT2D eigenvalue weighted by Gasteiger charge is -1.96. The molecule has 1 aromatic heterocycles. The lowest BCUT2D eigenvalue weighted by Crippen LogP contribution is -2.34. The van der Waals surface area contributed by atoms with E-state index in [0.717, 1.165) is 19.3 Å². The normalized spacial score (nSPS) is 10.2. The van der Waals surface area contributed by atoms with E-state index < -0.39 is 0 Å². The van der Waals surface area contributed by atoms with Crippen LogP contribution >= 0.6 is 0 Å². The van der Waals surface area contributed by atoms with Crippen molar-refractivity contribution in [1.82, 2.24) is 5.27 Å². The van der Waals surface area contributed by atoms with E-state index in [9.17, 15) is 4.79 Å². The zero-order valence-electron chi connectivity index (χ0n) is 8.73. The quantitative estimate of drug-likeness (QED) is 0.406. The van der Waals surface area contributed by atoms with Crippen molar-refractivity contribution in [2.45, 2.75) is 32.2 Å². The molecule has 6 nitrogen and oxygen atoms in total. The molecule has 0 bridgehead atoms. The number of hydrogen-bond donors (Lipinski definition) is 0. The van der Waals surface area contributed by atoms with E-state index >= 15 is 0 Å². The summed E-state index contributed by atoms with van der Waals surface area (Å²) >= 11 is 0. The second-order valence-corrected chi connectivity index (χ2v) is 3.22. The number of aryl methyl sites for hydroxylation is 1. The predicted molar refractivity (Wildman–Crippen MR) is 51.2 cm³/mol. The summed E-state index contributed by atoms with van der Waals surface area (Å²) in [6.45, 7) is 0.712. The number of carbonyl (C=O) groups is 1. The third-order valence-corrected chi connectivity index (χ3v) is 2.01. The molecule has 1 N–H and O–H groups in total. The van der Waals surface area contributed by atoms with Gasteiger partial charge in [0.15, 0.2) is 11.8 Å². The molecular weight excluding hydrogens is 198 g/mol. The van der Waals surface area contributed by atoms with Gasteiger partial charge in [0.1, 0.15) is 5.88 Å². The monoisotopic (exact) mass is 213 g/mol. The minimum Gasteiger partial charge on any atom is -0.660 e. The van der Waals surface area contributed by atoms with Gasteiger partial charge in [0, 0.05) is 12.8 Å². The Morgan fingerprint density at radius 1 is 1.60 bits per heavy atom. The third kappa shape index (κ3) is 4.44. The molecule has 0 spiro atoms. The molecule has 0 saturated carbocycles. The van der Waals surface area contributed by atoms with Gasteiger partial charge in [-0.3, -0.25) is 4.79 Å². The van der Waals surface area contributed by atoms with Gasteiger partial charge in [-0.15, -0.1) is 0 Å². The van der Waals surface area contributed by atoms with Crippen LogP contribution < -0.4 is 4.68 Å². The van der Waals surface area contributed by atoms with Crippen molar-refractivity contribution < 1.29 is 18.7 Å². The maximum Gasteiger partial charge on any atom is 0.305 e. The molecule has 0 saturated heterocycles. The summed E-state index contributed by atoms with van der Waals surface area (Å²) in [5.41, 5.74) is 7.10. The molecule has 0 aliphatic carbocycles. The van der Waals surface area contributed by atoms with Gasteiger partial charge in [0.2, 0.25) is 6.20 Å². The van der Waals surface area contributed by atoms with Crippen molar-refractivity contribution in [3.63, 3.8) is 0 Å². The van der Waals surface area contributed by atoms with Crippen LogP contribution in [0.5, 0.6) is 0 Å². The van der Waals surface area contributed by atoms with Gasteiger partial charge in [0.05, 0.1) is 7.11 Å². The van der Waals surface area contributed by atoms with Crippen molar-refractivity contribution in [3.8, 4) is 0 Å². The van der Waals surface area contributed by atoms with Crippen molar-refractivity contribution in [1.29, 1.82) is 0 Å². The van der Waals surface area contributed by atoms with Crippen LogP contribution in [0.25, 0.3) is 5.73 Å². The number of carbonyl (C=O) groups excluding carboxylic acids is 1. The van der Waals surface area contributed by atoms with Crippen LogP contribution in [0, 0.1) is 0 Å². The predicted octanol–water partition coefficient (Wildman–Crippen LogP) is 1.38. The Morgan fingerprint density at radius 3 is 3.00 bits per heavy atom. The molecule has 1 heterocycles. The molecule has 0 fully saturated rings. The molecule has 0 atom stereocenters. The van der Waals surface area contributed by atoms with E-state index in [1.165, 1.54) is 13.3 Å². The number of aromatic nitrogens is 2. The first-order chi connectivity index (χ1) is 7.22. The summed E-state index contributed by atoms with van der Waals surface area (Å²) in [6, 6.07) is 0. The topological polar surface area (TPSA) is 80.0 Å². The van der Waals surface area contributed by atoms with E-state index in [1.807, 2.05) is 0 Å². The molecule has 0 aromatic carbocycles. The molecule has 0 aliphatic rings. The SMILES string of the molecule is COC(=O)CCCCC[n+]1cc([NH-])on1. The number of hydrogen-bond acceptors (Lipinski definition) is 4. The van der Waals surface area contributed by atoms with Gasteiger partial charge < -0.3 is 15.0 Å². The Morgan fingerprint density at radius 2 is 2.40 bits per heavy atom. The fraction of sp³-hybridized carbons (Fsp3) is 0.667. The van der Waals surface area contributed by atoms with E-state index in [0.29, 0.717) is 13.0 Å².